The van der Waals surface area contributed by atoms with Crippen LogP contribution in [0, 0.1) is 0 Å². The van der Waals surface area contributed by atoms with Crippen LogP contribution in [-0.4, -0.2) is 83.9 Å². The third kappa shape index (κ3) is 15.4. The second kappa shape index (κ2) is 18.3. The van der Waals surface area contributed by atoms with Crippen LogP contribution in [0.1, 0.15) is 60.8 Å². The van der Waals surface area contributed by atoms with Crippen LogP contribution < -0.4 is 0 Å². The van der Waals surface area contributed by atoms with E-state index in [1.165, 1.54) is 0 Å². The molecule has 10 nitrogen and oxygen atoms in total. The van der Waals surface area contributed by atoms with Crippen LogP contribution in [0.25, 0.3) is 0 Å². The minimum Gasteiger partial charge on any atom is -0.460 e. The summed E-state index contributed by atoms with van der Waals surface area (Å²) in [6, 6.07) is 0. The first-order valence-electron chi connectivity index (χ1n) is 13.3. The SMILES string of the molecule is C=CC(=O)O[C@H](C)CC(=O)O[C@@H](C)[C@@H](CCC(=O)O[C@@H](C)[C@@H](C=C)OCOCCOC)O[Si](C)(C)C(C)(C)C. The van der Waals surface area contributed by atoms with Crippen molar-refractivity contribution in [1.82, 2.24) is 0 Å². The highest BCUT2D eigenvalue weighted by Gasteiger charge is 2.41. The number of carbonyl (C=O) groups is 3. The molecular weight excluding hydrogens is 524 g/mol. The van der Waals surface area contributed by atoms with Crippen LogP contribution in [0.2, 0.25) is 18.1 Å². The molecular formula is C28H50O10Si. The van der Waals surface area contributed by atoms with Crippen molar-refractivity contribution >= 4 is 26.2 Å². The zero-order chi connectivity index (χ0) is 30.2. The molecule has 0 aliphatic heterocycles. The predicted octanol–water partition coefficient (Wildman–Crippen LogP) is 4.72. The summed E-state index contributed by atoms with van der Waals surface area (Å²) in [6.45, 7) is 23.5. The number of ether oxygens (including phenoxy) is 6. The Morgan fingerprint density at radius 1 is 0.923 bits per heavy atom. The lowest BCUT2D eigenvalue weighted by molar-refractivity contribution is -0.162. The molecule has 0 spiro atoms. The summed E-state index contributed by atoms with van der Waals surface area (Å²) in [7, 11) is -0.694. The number of hydrogen-bond donors (Lipinski definition) is 0. The molecule has 0 heterocycles. The summed E-state index contributed by atoms with van der Waals surface area (Å²) >= 11 is 0. The summed E-state index contributed by atoms with van der Waals surface area (Å²) in [5, 5.41) is -0.0999. The van der Waals surface area contributed by atoms with Crippen LogP contribution in [0.4, 0.5) is 0 Å². The predicted molar refractivity (Wildman–Crippen MR) is 151 cm³/mol. The van der Waals surface area contributed by atoms with Crippen molar-refractivity contribution in [3.63, 3.8) is 0 Å². The van der Waals surface area contributed by atoms with E-state index < -0.39 is 56.7 Å². The van der Waals surface area contributed by atoms with Crippen LogP contribution in [-0.2, 0) is 47.2 Å². The first-order valence-corrected chi connectivity index (χ1v) is 16.2. The minimum absolute atomic E-state index is 0.0126. The fourth-order valence-electron chi connectivity index (χ4n) is 3.12. The van der Waals surface area contributed by atoms with Crippen LogP contribution in [0.15, 0.2) is 25.3 Å². The zero-order valence-corrected chi connectivity index (χ0v) is 26.3. The Bertz CT molecular complexity index is 777. The normalized spacial score (nSPS) is 15.8. The standard InChI is InChI=1S/C28H50O10Si/c1-12-23(34-19-33-17-16-32-9)21(4)36-26(30)15-14-24(38-39(10,11)28(6,7)8)22(5)37-27(31)18-20(3)35-25(29)13-2/h12-13,20-24H,1-2,14-19H2,3-11H3/t20-,21+,22+,23-,24-/m1/s1. The van der Waals surface area contributed by atoms with Crippen molar-refractivity contribution in [1.29, 1.82) is 0 Å². The third-order valence-electron chi connectivity index (χ3n) is 6.45. The molecule has 5 atom stereocenters. The van der Waals surface area contributed by atoms with Crippen LogP contribution >= 0.6 is 0 Å². The maximum absolute atomic E-state index is 12.7. The lowest BCUT2D eigenvalue weighted by atomic mass is 10.1. The van der Waals surface area contributed by atoms with Gasteiger partial charge < -0.3 is 32.8 Å². The Morgan fingerprint density at radius 3 is 2.08 bits per heavy atom. The highest BCUT2D eigenvalue weighted by molar-refractivity contribution is 6.74. The smallest absolute Gasteiger partial charge is 0.330 e. The van der Waals surface area contributed by atoms with E-state index in [-0.39, 0.29) is 31.1 Å². The van der Waals surface area contributed by atoms with Crippen molar-refractivity contribution in [3.05, 3.63) is 25.3 Å². The highest BCUT2D eigenvalue weighted by atomic mass is 28.4. The Hall–Kier alpha value is -2.05. The van der Waals surface area contributed by atoms with Crippen LogP contribution in [0.3, 0.4) is 0 Å². The minimum atomic E-state index is -2.27. The largest absolute Gasteiger partial charge is 0.460 e. The molecule has 0 fully saturated rings. The average Bonchev–Trinajstić information content (AvgIpc) is 2.82. The van der Waals surface area contributed by atoms with Crippen molar-refractivity contribution in [2.24, 2.45) is 0 Å². The molecule has 226 valence electrons. The van der Waals surface area contributed by atoms with E-state index in [0.29, 0.717) is 13.2 Å². The van der Waals surface area contributed by atoms with Gasteiger partial charge in [0.05, 0.1) is 25.7 Å². The van der Waals surface area contributed by atoms with Gasteiger partial charge in [0.25, 0.3) is 0 Å². The fourth-order valence-corrected chi connectivity index (χ4v) is 4.54. The topological polar surface area (TPSA) is 116 Å². The Morgan fingerprint density at radius 2 is 1.54 bits per heavy atom. The van der Waals surface area contributed by atoms with Gasteiger partial charge in [-0.25, -0.2) is 4.79 Å². The second-order valence-corrected chi connectivity index (χ2v) is 15.6. The second-order valence-electron chi connectivity index (χ2n) is 10.9. The molecule has 0 saturated carbocycles. The van der Waals surface area contributed by atoms with Gasteiger partial charge in [-0.3, -0.25) is 9.59 Å². The maximum atomic E-state index is 12.7. The third-order valence-corrected chi connectivity index (χ3v) is 11.0. The molecule has 0 aliphatic carbocycles. The molecule has 0 aromatic heterocycles. The number of rotatable bonds is 20. The summed E-state index contributed by atoms with van der Waals surface area (Å²) in [4.78, 5) is 36.6. The van der Waals surface area contributed by atoms with Gasteiger partial charge in [-0.05, 0) is 45.3 Å². The number of hydrogen-bond acceptors (Lipinski definition) is 10. The molecule has 0 unspecified atom stereocenters. The van der Waals surface area contributed by atoms with Gasteiger partial charge in [-0.15, -0.1) is 6.58 Å². The van der Waals surface area contributed by atoms with Crippen LogP contribution in [0.5, 0.6) is 0 Å². The quantitative estimate of drug-likeness (QED) is 0.0385. The monoisotopic (exact) mass is 574 g/mol. The van der Waals surface area contributed by atoms with E-state index in [1.54, 1.807) is 34.0 Å². The van der Waals surface area contributed by atoms with E-state index in [0.717, 1.165) is 6.08 Å². The molecule has 0 aromatic carbocycles. The highest BCUT2D eigenvalue weighted by Crippen LogP contribution is 2.38. The molecule has 0 bridgehead atoms. The Labute approximate surface area is 235 Å². The summed E-state index contributed by atoms with van der Waals surface area (Å²) in [5.41, 5.74) is 0. The molecule has 0 radical (unpaired) electrons. The molecule has 11 heteroatoms. The van der Waals surface area contributed by atoms with Crippen molar-refractivity contribution < 1.29 is 47.2 Å². The molecule has 0 saturated heterocycles. The molecule has 0 amide bonds. The Balaban J connectivity index is 5.19. The molecule has 39 heavy (non-hydrogen) atoms. The van der Waals surface area contributed by atoms with Crippen molar-refractivity contribution in [3.8, 4) is 0 Å². The van der Waals surface area contributed by atoms with E-state index in [1.807, 2.05) is 0 Å². The molecule has 0 rings (SSSR count). The number of esters is 3. The van der Waals surface area contributed by atoms with Crippen molar-refractivity contribution in [2.75, 3.05) is 27.1 Å². The lowest BCUT2D eigenvalue weighted by Gasteiger charge is -2.40. The summed E-state index contributed by atoms with van der Waals surface area (Å²) < 4.78 is 38.6. The molecule has 0 N–H and O–H groups in total. The van der Waals surface area contributed by atoms with Crippen molar-refractivity contribution in [2.45, 2.75) is 109 Å². The number of methoxy groups -OCH3 is 1. The van der Waals surface area contributed by atoms with Gasteiger partial charge in [0.15, 0.2) is 8.32 Å². The fraction of sp³-hybridized carbons (Fsp3) is 0.750. The van der Waals surface area contributed by atoms with E-state index in [9.17, 15) is 14.4 Å². The molecule has 0 aromatic rings. The van der Waals surface area contributed by atoms with Gasteiger partial charge in [0.2, 0.25) is 0 Å². The lowest BCUT2D eigenvalue weighted by Crippen LogP contribution is -2.47. The maximum Gasteiger partial charge on any atom is 0.330 e. The Kier molecular flexibility index (Phi) is 17.4. The summed E-state index contributed by atoms with van der Waals surface area (Å²) in [6.07, 6.45) is -0.185. The first-order chi connectivity index (χ1) is 18.1. The summed E-state index contributed by atoms with van der Waals surface area (Å²) in [5.74, 6) is -1.59. The first kappa shape index (κ1) is 36.9. The average molecular weight is 575 g/mol. The van der Waals surface area contributed by atoms with E-state index in [2.05, 4.69) is 47.0 Å². The van der Waals surface area contributed by atoms with Gasteiger partial charge in [-0.1, -0.05) is 33.4 Å². The van der Waals surface area contributed by atoms with Gasteiger partial charge >= 0.3 is 17.9 Å². The van der Waals surface area contributed by atoms with E-state index in [4.69, 9.17) is 32.8 Å². The molecule has 0 aliphatic rings. The van der Waals surface area contributed by atoms with Gasteiger partial charge in [0, 0.05) is 19.6 Å². The van der Waals surface area contributed by atoms with Gasteiger partial charge in [-0.2, -0.15) is 0 Å². The number of carbonyl (C=O) groups excluding carboxylic acids is 3. The van der Waals surface area contributed by atoms with E-state index >= 15 is 0 Å². The zero-order valence-electron chi connectivity index (χ0n) is 25.3. The van der Waals surface area contributed by atoms with Gasteiger partial charge in [0.1, 0.15) is 31.2 Å².